The lowest BCUT2D eigenvalue weighted by Gasteiger charge is -2.26. The molecule has 0 bridgehead atoms. The Hall–Kier alpha value is -3.37. The lowest BCUT2D eigenvalue weighted by Crippen LogP contribution is -2.37. The van der Waals surface area contributed by atoms with Crippen molar-refractivity contribution in [3.63, 3.8) is 0 Å². The van der Waals surface area contributed by atoms with Crippen molar-refractivity contribution in [2.24, 2.45) is 7.05 Å². The molecule has 4 rings (SSSR count). The standard InChI is InChI=1S/C27H29N3O/c1-29(2)25(23-19-30(3)24-17-11-10-16-22(23)24)18-28-27(31)26(20-12-6-4-7-13-20)21-14-8-5-9-15-21/h4-17,19,25-26H,18H2,1-3H3,(H,28,31). The summed E-state index contributed by atoms with van der Waals surface area (Å²) in [5.41, 5.74) is 4.41. The quantitative estimate of drug-likeness (QED) is 0.477. The minimum Gasteiger partial charge on any atom is -0.353 e. The van der Waals surface area contributed by atoms with Crippen LogP contribution >= 0.6 is 0 Å². The number of aromatic nitrogens is 1. The number of carbonyl (C=O) groups is 1. The molecule has 0 saturated heterocycles. The van der Waals surface area contributed by atoms with Gasteiger partial charge in [0.2, 0.25) is 5.91 Å². The second kappa shape index (κ2) is 9.19. The first kappa shape index (κ1) is 20.9. The minimum absolute atomic E-state index is 0.0180. The second-order valence-electron chi connectivity index (χ2n) is 8.19. The molecular weight excluding hydrogens is 382 g/mol. The summed E-state index contributed by atoms with van der Waals surface area (Å²) in [7, 11) is 6.19. The van der Waals surface area contributed by atoms with Gasteiger partial charge in [-0.15, -0.1) is 0 Å². The van der Waals surface area contributed by atoms with Crippen LogP contribution in [0.5, 0.6) is 0 Å². The maximum Gasteiger partial charge on any atom is 0.232 e. The highest BCUT2D eigenvalue weighted by molar-refractivity contribution is 5.87. The molecule has 3 aromatic carbocycles. The Morgan fingerprint density at radius 1 is 0.871 bits per heavy atom. The van der Waals surface area contributed by atoms with Crippen LogP contribution < -0.4 is 5.32 Å². The number of likely N-dealkylation sites (N-methyl/N-ethyl adjacent to an activating group) is 1. The van der Waals surface area contributed by atoms with Crippen LogP contribution in [0.15, 0.2) is 91.1 Å². The molecule has 4 heteroatoms. The Morgan fingerprint density at radius 3 is 2.00 bits per heavy atom. The average Bonchev–Trinajstić information content (AvgIpc) is 3.12. The Kier molecular flexibility index (Phi) is 6.19. The Balaban J connectivity index is 1.61. The van der Waals surface area contributed by atoms with E-state index in [1.54, 1.807) is 0 Å². The molecule has 31 heavy (non-hydrogen) atoms. The van der Waals surface area contributed by atoms with Gasteiger partial charge in [0.25, 0.3) is 0 Å². The van der Waals surface area contributed by atoms with Gasteiger partial charge in [-0.25, -0.2) is 0 Å². The van der Waals surface area contributed by atoms with Crippen molar-refractivity contribution in [3.05, 3.63) is 108 Å². The van der Waals surface area contributed by atoms with E-state index in [2.05, 4.69) is 66.4 Å². The molecule has 0 aliphatic rings. The summed E-state index contributed by atoms with van der Waals surface area (Å²) in [6.45, 7) is 0.538. The van der Waals surface area contributed by atoms with Crippen molar-refractivity contribution in [3.8, 4) is 0 Å². The first-order chi connectivity index (χ1) is 15.1. The highest BCUT2D eigenvalue weighted by Gasteiger charge is 2.25. The molecule has 1 unspecified atom stereocenters. The van der Waals surface area contributed by atoms with E-state index in [1.165, 1.54) is 16.5 Å². The van der Waals surface area contributed by atoms with Gasteiger partial charge in [-0.1, -0.05) is 78.9 Å². The van der Waals surface area contributed by atoms with Crippen LogP contribution in [-0.2, 0) is 11.8 Å². The number of amides is 1. The van der Waals surface area contributed by atoms with Crippen molar-refractivity contribution < 1.29 is 4.79 Å². The molecule has 0 aliphatic heterocycles. The van der Waals surface area contributed by atoms with Gasteiger partial charge in [0.15, 0.2) is 0 Å². The number of benzene rings is 3. The lowest BCUT2D eigenvalue weighted by molar-refractivity contribution is -0.121. The predicted molar refractivity (Wildman–Crippen MR) is 127 cm³/mol. The molecule has 1 aromatic heterocycles. The summed E-state index contributed by atoms with van der Waals surface area (Å²) in [5.74, 6) is -0.317. The summed E-state index contributed by atoms with van der Waals surface area (Å²) in [4.78, 5) is 15.6. The van der Waals surface area contributed by atoms with Crippen LogP contribution in [-0.4, -0.2) is 36.0 Å². The zero-order valence-corrected chi connectivity index (χ0v) is 18.3. The number of rotatable bonds is 7. The summed E-state index contributed by atoms with van der Waals surface area (Å²) < 4.78 is 2.15. The van der Waals surface area contributed by atoms with Crippen LogP contribution in [0, 0.1) is 0 Å². The smallest absolute Gasteiger partial charge is 0.232 e. The third-order valence-electron chi connectivity index (χ3n) is 5.91. The predicted octanol–water partition coefficient (Wildman–Crippen LogP) is 4.73. The largest absolute Gasteiger partial charge is 0.353 e. The van der Waals surface area contributed by atoms with Gasteiger partial charge in [0.1, 0.15) is 0 Å². The normalized spacial score (nSPS) is 12.4. The molecule has 0 saturated carbocycles. The monoisotopic (exact) mass is 411 g/mol. The maximum atomic E-state index is 13.4. The van der Waals surface area contributed by atoms with Crippen LogP contribution in [0.4, 0.5) is 0 Å². The van der Waals surface area contributed by atoms with Gasteiger partial charge in [0, 0.05) is 30.7 Å². The van der Waals surface area contributed by atoms with E-state index in [0.29, 0.717) is 6.54 Å². The Morgan fingerprint density at radius 2 is 1.42 bits per heavy atom. The zero-order valence-electron chi connectivity index (χ0n) is 18.3. The second-order valence-corrected chi connectivity index (χ2v) is 8.19. The lowest BCUT2D eigenvalue weighted by atomic mass is 9.90. The summed E-state index contributed by atoms with van der Waals surface area (Å²) in [5, 5.41) is 4.47. The highest BCUT2D eigenvalue weighted by Crippen LogP contribution is 2.29. The number of para-hydroxylation sites is 1. The van der Waals surface area contributed by atoms with Crippen molar-refractivity contribution in [2.75, 3.05) is 20.6 Å². The van der Waals surface area contributed by atoms with Crippen molar-refractivity contribution in [2.45, 2.75) is 12.0 Å². The third kappa shape index (κ3) is 4.39. The van der Waals surface area contributed by atoms with E-state index < -0.39 is 0 Å². The van der Waals surface area contributed by atoms with Gasteiger partial charge in [0.05, 0.1) is 12.0 Å². The summed E-state index contributed by atoms with van der Waals surface area (Å²) in [6.07, 6.45) is 2.17. The van der Waals surface area contributed by atoms with Gasteiger partial charge in [-0.05, 0) is 36.9 Å². The molecule has 1 amide bonds. The number of fused-ring (bicyclic) bond motifs is 1. The molecule has 0 aliphatic carbocycles. The Bertz CT molecular complexity index is 1110. The van der Waals surface area contributed by atoms with Gasteiger partial charge >= 0.3 is 0 Å². The molecule has 1 atom stereocenters. The molecule has 4 aromatic rings. The fourth-order valence-electron chi connectivity index (χ4n) is 4.29. The maximum absolute atomic E-state index is 13.4. The number of nitrogens with zero attached hydrogens (tertiary/aromatic N) is 2. The van der Waals surface area contributed by atoms with Crippen molar-refractivity contribution in [1.82, 2.24) is 14.8 Å². The molecule has 1 N–H and O–H groups in total. The number of aryl methyl sites for hydroxylation is 1. The van der Waals surface area contributed by atoms with E-state index in [4.69, 9.17) is 0 Å². The first-order valence-corrected chi connectivity index (χ1v) is 10.6. The number of hydrogen-bond donors (Lipinski definition) is 1. The van der Waals surface area contributed by atoms with Crippen molar-refractivity contribution in [1.29, 1.82) is 0 Å². The molecule has 158 valence electrons. The van der Waals surface area contributed by atoms with Crippen molar-refractivity contribution >= 4 is 16.8 Å². The molecule has 1 heterocycles. The van der Waals surface area contributed by atoms with E-state index in [9.17, 15) is 4.79 Å². The Labute approximate surface area is 184 Å². The number of hydrogen-bond acceptors (Lipinski definition) is 2. The van der Waals surface area contributed by atoms with Gasteiger partial charge in [-0.2, -0.15) is 0 Å². The van der Waals surface area contributed by atoms with E-state index in [0.717, 1.165) is 11.1 Å². The zero-order chi connectivity index (χ0) is 21.8. The van der Waals surface area contributed by atoms with Crippen LogP contribution in [0.3, 0.4) is 0 Å². The molecule has 0 spiro atoms. The number of nitrogens with one attached hydrogen (secondary N) is 1. The highest BCUT2D eigenvalue weighted by atomic mass is 16.1. The minimum atomic E-state index is -0.335. The topological polar surface area (TPSA) is 37.3 Å². The summed E-state index contributed by atoms with van der Waals surface area (Å²) in [6, 6.07) is 28.4. The molecule has 0 radical (unpaired) electrons. The fraction of sp³-hybridized carbons (Fsp3) is 0.222. The van der Waals surface area contributed by atoms with E-state index in [1.807, 2.05) is 60.7 Å². The molecule has 0 fully saturated rings. The van der Waals surface area contributed by atoms with Crippen LogP contribution in [0.25, 0.3) is 10.9 Å². The van der Waals surface area contributed by atoms with Crippen LogP contribution in [0.1, 0.15) is 28.7 Å². The SMILES string of the molecule is CN(C)C(CNC(=O)C(c1ccccc1)c1ccccc1)c1cn(C)c2ccccc12. The van der Waals surface area contributed by atoms with E-state index >= 15 is 0 Å². The van der Waals surface area contributed by atoms with Gasteiger partial charge in [-0.3, -0.25) is 4.79 Å². The average molecular weight is 412 g/mol. The molecular formula is C27H29N3O. The number of carbonyl (C=O) groups excluding carboxylic acids is 1. The first-order valence-electron chi connectivity index (χ1n) is 10.6. The van der Waals surface area contributed by atoms with E-state index in [-0.39, 0.29) is 17.9 Å². The molecule has 4 nitrogen and oxygen atoms in total. The fourth-order valence-corrected chi connectivity index (χ4v) is 4.29. The van der Waals surface area contributed by atoms with Gasteiger partial charge < -0.3 is 14.8 Å². The summed E-state index contributed by atoms with van der Waals surface area (Å²) >= 11 is 0. The third-order valence-corrected chi connectivity index (χ3v) is 5.91. The van der Waals surface area contributed by atoms with Crippen LogP contribution in [0.2, 0.25) is 0 Å².